The van der Waals surface area contributed by atoms with Crippen LogP contribution in [0.4, 0.5) is 0 Å². The fourth-order valence-electron chi connectivity index (χ4n) is 3.49. The van der Waals surface area contributed by atoms with Crippen LogP contribution in [0.1, 0.15) is 37.9 Å². The molecule has 2 N–H and O–H groups in total. The summed E-state index contributed by atoms with van der Waals surface area (Å²) in [5, 5.41) is 7.16. The first-order chi connectivity index (χ1) is 11.8. The Morgan fingerprint density at radius 3 is 2.80 bits per heavy atom. The highest BCUT2D eigenvalue weighted by atomic mass is 127. The molecule has 1 spiro atoms. The molecule has 1 saturated carbocycles. The lowest BCUT2D eigenvalue weighted by Gasteiger charge is -2.37. The third-order valence-electron chi connectivity index (χ3n) is 5.03. The highest BCUT2D eigenvalue weighted by Gasteiger charge is 2.41. The number of nitrogens with one attached hydrogen (secondary N) is 2. The lowest BCUT2D eigenvalue weighted by atomic mass is 9.90. The Labute approximate surface area is 166 Å². The van der Waals surface area contributed by atoms with Gasteiger partial charge in [0.15, 0.2) is 5.96 Å². The van der Waals surface area contributed by atoms with Crippen molar-refractivity contribution in [3.05, 3.63) is 24.2 Å². The number of rotatable bonds is 5. The number of halogens is 1. The van der Waals surface area contributed by atoms with Gasteiger partial charge in [0.2, 0.25) is 0 Å². The summed E-state index contributed by atoms with van der Waals surface area (Å²) in [6.07, 6.45) is 8.05. The van der Waals surface area contributed by atoms with Gasteiger partial charge in [-0.25, -0.2) is 0 Å². The molecule has 1 aromatic rings. The fourth-order valence-corrected chi connectivity index (χ4v) is 3.49. The zero-order valence-electron chi connectivity index (χ0n) is 14.5. The Hall–Kier alpha value is -0.800. The number of aliphatic imine (C=N–C) groups is 1. The normalized spacial score (nSPS) is 29.4. The molecule has 2 atom stereocenters. The maximum atomic E-state index is 6.02. The van der Waals surface area contributed by atoms with Gasteiger partial charge in [-0.2, -0.15) is 0 Å². The van der Waals surface area contributed by atoms with Gasteiger partial charge in [0.1, 0.15) is 5.76 Å². The molecule has 4 rings (SSSR count). The Balaban J connectivity index is 0.00000182. The molecule has 2 saturated heterocycles. The summed E-state index contributed by atoms with van der Waals surface area (Å²) in [6.45, 7) is 3.07. The van der Waals surface area contributed by atoms with Crippen molar-refractivity contribution in [2.45, 2.75) is 56.2 Å². The van der Waals surface area contributed by atoms with E-state index in [0.717, 1.165) is 63.8 Å². The lowest BCUT2D eigenvalue weighted by molar-refractivity contribution is -0.0873. The zero-order chi connectivity index (χ0) is 16.2. The first-order valence-corrected chi connectivity index (χ1v) is 9.13. The predicted molar refractivity (Wildman–Crippen MR) is 107 cm³/mol. The Kier molecular flexibility index (Phi) is 6.62. The molecule has 6 nitrogen and oxygen atoms in total. The number of nitrogens with zero attached hydrogens (tertiary/aromatic N) is 1. The highest BCUT2D eigenvalue weighted by Crippen LogP contribution is 2.32. The molecule has 0 bridgehead atoms. The zero-order valence-corrected chi connectivity index (χ0v) is 16.9. The summed E-state index contributed by atoms with van der Waals surface area (Å²) in [5.41, 5.74) is -0.0746. The molecular formula is C18H28IN3O3. The molecule has 2 unspecified atom stereocenters. The van der Waals surface area contributed by atoms with Crippen molar-refractivity contribution in [1.82, 2.24) is 10.6 Å². The molecule has 0 radical (unpaired) electrons. The van der Waals surface area contributed by atoms with Gasteiger partial charge >= 0.3 is 0 Å². The predicted octanol–water partition coefficient (Wildman–Crippen LogP) is 2.48. The van der Waals surface area contributed by atoms with E-state index in [4.69, 9.17) is 18.9 Å². The van der Waals surface area contributed by atoms with Crippen molar-refractivity contribution in [2.75, 3.05) is 26.4 Å². The molecule has 140 valence electrons. The number of ether oxygens (including phenoxy) is 2. The molecule has 1 aliphatic carbocycles. The van der Waals surface area contributed by atoms with Crippen molar-refractivity contribution < 1.29 is 13.9 Å². The molecule has 1 aromatic heterocycles. The molecule has 3 aliphatic rings. The van der Waals surface area contributed by atoms with Crippen LogP contribution in [-0.4, -0.2) is 50.0 Å². The van der Waals surface area contributed by atoms with Gasteiger partial charge in [-0.3, -0.25) is 4.99 Å². The molecule has 25 heavy (non-hydrogen) atoms. The maximum Gasteiger partial charge on any atom is 0.191 e. The van der Waals surface area contributed by atoms with Crippen LogP contribution in [0.25, 0.3) is 0 Å². The smallest absolute Gasteiger partial charge is 0.191 e. The first kappa shape index (κ1) is 19.0. The minimum atomic E-state index is -0.0746. The second-order valence-electron chi connectivity index (χ2n) is 7.15. The molecule has 0 amide bonds. The minimum absolute atomic E-state index is 0. The van der Waals surface area contributed by atoms with Gasteiger partial charge < -0.3 is 24.5 Å². The van der Waals surface area contributed by atoms with Crippen LogP contribution in [0.5, 0.6) is 0 Å². The average Bonchev–Trinajstić information content (AvgIpc) is 3.05. The third kappa shape index (κ3) is 5.34. The average molecular weight is 461 g/mol. The second-order valence-corrected chi connectivity index (χ2v) is 7.15. The summed E-state index contributed by atoms with van der Waals surface area (Å²) in [7, 11) is 0. The Morgan fingerprint density at radius 1 is 1.20 bits per heavy atom. The van der Waals surface area contributed by atoms with Crippen LogP contribution in [0.3, 0.4) is 0 Å². The summed E-state index contributed by atoms with van der Waals surface area (Å²) < 4.78 is 17.0. The van der Waals surface area contributed by atoms with Gasteiger partial charge in [0.25, 0.3) is 0 Å². The highest BCUT2D eigenvalue weighted by molar-refractivity contribution is 14.0. The number of guanidine groups is 1. The van der Waals surface area contributed by atoms with E-state index in [2.05, 4.69) is 10.6 Å². The van der Waals surface area contributed by atoms with Crippen LogP contribution in [0.15, 0.2) is 27.8 Å². The van der Waals surface area contributed by atoms with Gasteiger partial charge in [-0.05, 0) is 37.8 Å². The topological polar surface area (TPSA) is 68.0 Å². The maximum absolute atomic E-state index is 6.02. The van der Waals surface area contributed by atoms with E-state index in [1.165, 1.54) is 12.8 Å². The van der Waals surface area contributed by atoms with E-state index >= 15 is 0 Å². The van der Waals surface area contributed by atoms with Gasteiger partial charge in [0.05, 0.1) is 18.5 Å². The molecular weight excluding hydrogens is 433 g/mol. The van der Waals surface area contributed by atoms with Crippen LogP contribution < -0.4 is 10.6 Å². The van der Waals surface area contributed by atoms with Crippen molar-refractivity contribution >= 4 is 29.9 Å². The van der Waals surface area contributed by atoms with Crippen LogP contribution in [-0.2, 0) is 15.9 Å². The first-order valence-electron chi connectivity index (χ1n) is 9.13. The Morgan fingerprint density at radius 2 is 2.08 bits per heavy atom. The molecule has 7 heteroatoms. The van der Waals surface area contributed by atoms with E-state index < -0.39 is 0 Å². The van der Waals surface area contributed by atoms with E-state index in [-0.39, 0.29) is 29.6 Å². The molecule has 0 aromatic carbocycles. The second kappa shape index (κ2) is 8.73. The van der Waals surface area contributed by atoms with Crippen molar-refractivity contribution in [2.24, 2.45) is 4.99 Å². The lowest BCUT2D eigenvalue weighted by Crippen LogP contribution is -2.52. The van der Waals surface area contributed by atoms with E-state index in [1.54, 1.807) is 6.26 Å². The number of hydrogen-bond acceptors (Lipinski definition) is 4. The largest absolute Gasteiger partial charge is 0.469 e. The molecule has 3 heterocycles. The molecule has 3 fully saturated rings. The van der Waals surface area contributed by atoms with E-state index in [1.807, 2.05) is 12.1 Å². The third-order valence-corrected chi connectivity index (χ3v) is 5.03. The standard InChI is InChI=1S/C18H27N3O3.HI/c1-2-16(23-9-1)5-8-19-17(20-14-3-4-14)21-15-6-10-24-18(12-15)7-11-22-13-18;/h1-2,9,14-15H,3-8,10-13H2,(H2,19,20,21);1H. The van der Waals surface area contributed by atoms with Crippen molar-refractivity contribution in [3.63, 3.8) is 0 Å². The monoisotopic (exact) mass is 461 g/mol. The van der Waals surface area contributed by atoms with Gasteiger partial charge in [0, 0.05) is 44.7 Å². The molecule has 2 aliphatic heterocycles. The van der Waals surface area contributed by atoms with Gasteiger partial charge in [-0.1, -0.05) is 0 Å². The van der Waals surface area contributed by atoms with Crippen LogP contribution in [0.2, 0.25) is 0 Å². The quantitative estimate of drug-likeness (QED) is 0.401. The van der Waals surface area contributed by atoms with Crippen molar-refractivity contribution in [3.8, 4) is 0 Å². The van der Waals surface area contributed by atoms with Crippen molar-refractivity contribution in [1.29, 1.82) is 0 Å². The summed E-state index contributed by atoms with van der Waals surface area (Å²) in [6, 6.07) is 4.91. The summed E-state index contributed by atoms with van der Waals surface area (Å²) in [5.74, 6) is 1.92. The number of hydrogen-bond donors (Lipinski definition) is 2. The van der Waals surface area contributed by atoms with Gasteiger partial charge in [-0.15, -0.1) is 24.0 Å². The fraction of sp³-hybridized carbons (Fsp3) is 0.722. The summed E-state index contributed by atoms with van der Waals surface area (Å²) >= 11 is 0. The van der Waals surface area contributed by atoms with Crippen LogP contribution in [0, 0.1) is 0 Å². The Bertz CT molecular complexity index is 554. The van der Waals surface area contributed by atoms with E-state index in [0.29, 0.717) is 12.1 Å². The SMILES string of the molecule is I.c1coc(CCN=C(NC2CC2)NC2CCOC3(CCOC3)C2)c1. The van der Waals surface area contributed by atoms with Crippen LogP contribution >= 0.6 is 24.0 Å². The summed E-state index contributed by atoms with van der Waals surface area (Å²) in [4.78, 5) is 4.75. The number of furan rings is 1. The van der Waals surface area contributed by atoms with E-state index in [9.17, 15) is 0 Å². The minimum Gasteiger partial charge on any atom is -0.469 e.